The van der Waals surface area contributed by atoms with E-state index >= 15 is 0 Å². The molecule has 0 bridgehead atoms. The minimum absolute atomic E-state index is 0.0353. The van der Waals surface area contributed by atoms with Crippen molar-refractivity contribution in [2.24, 2.45) is 0 Å². The summed E-state index contributed by atoms with van der Waals surface area (Å²) >= 11 is 6.44. The van der Waals surface area contributed by atoms with Gasteiger partial charge in [-0.2, -0.15) is 5.10 Å². The Morgan fingerprint density at radius 2 is 1.53 bits per heavy atom. The van der Waals surface area contributed by atoms with Gasteiger partial charge in [0.1, 0.15) is 5.69 Å². The highest BCUT2D eigenvalue weighted by atomic mass is 35.5. The Kier molecular flexibility index (Phi) is 6.99. The van der Waals surface area contributed by atoms with Crippen LogP contribution in [0.4, 0.5) is 0 Å². The second-order valence-electron chi connectivity index (χ2n) is 9.34. The number of halogens is 1. The molecule has 5 rings (SSSR count). The zero-order valence-corrected chi connectivity index (χ0v) is 20.5. The van der Waals surface area contributed by atoms with E-state index in [9.17, 15) is 4.79 Å². The molecule has 2 aliphatic heterocycles. The van der Waals surface area contributed by atoms with Crippen LogP contribution >= 0.6 is 11.6 Å². The van der Waals surface area contributed by atoms with Crippen LogP contribution in [0.1, 0.15) is 28.8 Å². The number of nitrogens with zero attached hydrogens (tertiary/aromatic N) is 5. The number of aryl methyl sites for hydroxylation is 1. The average Bonchev–Trinajstić information content (AvgIpc) is 3.54. The van der Waals surface area contributed by atoms with Crippen LogP contribution in [-0.4, -0.2) is 82.7 Å². The summed E-state index contributed by atoms with van der Waals surface area (Å²) in [7, 11) is 0. The summed E-state index contributed by atoms with van der Waals surface area (Å²) in [5.74, 6) is 0.0353. The van der Waals surface area contributed by atoms with E-state index in [-0.39, 0.29) is 5.91 Å². The van der Waals surface area contributed by atoms with E-state index in [1.807, 2.05) is 47.5 Å². The van der Waals surface area contributed by atoms with Gasteiger partial charge in [-0.25, -0.2) is 4.68 Å². The van der Waals surface area contributed by atoms with Gasteiger partial charge in [-0.05, 0) is 45.0 Å². The molecule has 2 fully saturated rings. The van der Waals surface area contributed by atoms with Gasteiger partial charge in [0.2, 0.25) is 0 Å². The Balaban J connectivity index is 1.35. The summed E-state index contributed by atoms with van der Waals surface area (Å²) in [5.41, 5.74) is 4.19. The third kappa shape index (κ3) is 5.04. The van der Waals surface area contributed by atoms with Crippen molar-refractivity contribution >= 4 is 17.5 Å². The smallest absolute Gasteiger partial charge is 0.257 e. The normalized spacial score (nSPS) is 17.4. The van der Waals surface area contributed by atoms with Gasteiger partial charge in [-0.3, -0.25) is 9.69 Å². The molecule has 3 aromatic rings. The first-order chi connectivity index (χ1) is 16.6. The molecule has 2 saturated heterocycles. The van der Waals surface area contributed by atoms with Crippen LogP contribution < -0.4 is 0 Å². The van der Waals surface area contributed by atoms with E-state index in [2.05, 4.69) is 28.9 Å². The molecule has 34 heavy (non-hydrogen) atoms. The van der Waals surface area contributed by atoms with Crippen molar-refractivity contribution < 1.29 is 4.79 Å². The standard InChI is InChI=1S/C27H32ClN5O/c1-21-8-10-22(11-9-21)26-23(20-33(29-26)25-7-3-2-6-24(25)28)27(34)32-18-16-31(17-19-32)15-14-30-12-4-5-13-30/h2-3,6-11,20H,4-5,12-19H2,1H3. The summed E-state index contributed by atoms with van der Waals surface area (Å²) in [6, 6.07) is 15.7. The molecule has 0 saturated carbocycles. The predicted molar refractivity (Wildman–Crippen MR) is 137 cm³/mol. The monoisotopic (exact) mass is 477 g/mol. The topological polar surface area (TPSA) is 44.6 Å². The first kappa shape index (κ1) is 23.1. The van der Waals surface area contributed by atoms with Gasteiger partial charge < -0.3 is 9.80 Å². The highest BCUT2D eigenvalue weighted by Crippen LogP contribution is 2.28. The molecule has 0 radical (unpaired) electrons. The molecular formula is C27H32ClN5O. The molecule has 178 valence electrons. The van der Waals surface area contributed by atoms with Gasteiger partial charge in [0.15, 0.2) is 0 Å². The fraction of sp³-hybridized carbons (Fsp3) is 0.407. The molecule has 1 amide bonds. The zero-order valence-electron chi connectivity index (χ0n) is 19.8. The van der Waals surface area contributed by atoms with Crippen molar-refractivity contribution in [3.63, 3.8) is 0 Å². The molecule has 7 heteroatoms. The molecule has 1 aromatic heterocycles. The molecule has 3 heterocycles. The maximum atomic E-state index is 13.7. The number of para-hydroxylation sites is 1. The van der Waals surface area contributed by atoms with E-state index in [1.165, 1.54) is 31.5 Å². The number of benzene rings is 2. The first-order valence-corrected chi connectivity index (χ1v) is 12.6. The molecule has 0 N–H and O–H groups in total. The molecule has 6 nitrogen and oxygen atoms in total. The van der Waals surface area contributed by atoms with Crippen LogP contribution in [0.25, 0.3) is 16.9 Å². The van der Waals surface area contributed by atoms with Crippen LogP contribution in [0.5, 0.6) is 0 Å². The summed E-state index contributed by atoms with van der Waals surface area (Å²) < 4.78 is 1.73. The maximum Gasteiger partial charge on any atom is 0.257 e. The van der Waals surface area contributed by atoms with E-state index in [0.29, 0.717) is 16.3 Å². The molecule has 0 unspecified atom stereocenters. The van der Waals surface area contributed by atoms with Crippen LogP contribution in [-0.2, 0) is 0 Å². The van der Waals surface area contributed by atoms with Crippen LogP contribution in [0.15, 0.2) is 54.7 Å². The minimum atomic E-state index is 0.0353. The van der Waals surface area contributed by atoms with E-state index < -0.39 is 0 Å². The summed E-state index contributed by atoms with van der Waals surface area (Å²) in [5, 5.41) is 5.42. The lowest BCUT2D eigenvalue weighted by Crippen LogP contribution is -2.50. The van der Waals surface area contributed by atoms with Crippen molar-refractivity contribution in [1.29, 1.82) is 0 Å². The lowest BCUT2D eigenvalue weighted by molar-refractivity contribution is 0.0627. The molecule has 0 spiro atoms. The van der Waals surface area contributed by atoms with Gasteiger partial charge in [-0.15, -0.1) is 0 Å². The second kappa shape index (κ2) is 10.3. The fourth-order valence-electron chi connectivity index (χ4n) is 4.85. The lowest BCUT2D eigenvalue weighted by atomic mass is 10.1. The van der Waals surface area contributed by atoms with Crippen molar-refractivity contribution in [1.82, 2.24) is 24.5 Å². The van der Waals surface area contributed by atoms with Crippen LogP contribution in [0.3, 0.4) is 0 Å². The van der Waals surface area contributed by atoms with E-state index in [4.69, 9.17) is 16.7 Å². The number of likely N-dealkylation sites (tertiary alicyclic amines) is 1. The van der Waals surface area contributed by atoms with Gasteiger partial charge in [-0.1, -0.05) is 53.6 Å². The quantitative estimate of drug-likeness (QED) is 0.529. The van der Waals surface area contributed by atoms with Gasteiger partial charge >= 0.3 is 0 Å². The number of rotatable bonds is 6. The Morgan fingerprint density at radius 1 is 0.882 bits per heavy atom. The summed E-state index contributed by atoms with van der Waals surface area (Å²) in [4.78, 5) is 20.7. The number of piperazine rings is 1. The van der Waals surface area contributed by atoms with Gasteiger partial charge in [0.05, 0.1) is 16.3 Å². The van der Waals surface area contributed by atoms with Crippen molar-refractivity contribution in [3.05, 3.63) is 70.9 Å². The van der Waals surface area contributed by atoms with Crippen molar-refractivity contribution in [3.8, 4) is 16.9 Å². The average molecular weight is 478 g/mol. The van der Waals surface area contributed by atoms with E-state index in [0.717, 1.165) is 50.5 Å². The molecule has 2 aliphatic rings. The number of hydrogen-bond donors (Lipinski definition) is 0. The highest BCUT2D eigenvalue weighted by Gasteiger charge is 2.27. The lowest BCUT2D eigenvalue weighted by Gasteiger charge is -2.35. The van der Waals surface area contributed by atoms with Gasteiger partial charge in [0.25, 0.3) is 5.91 Å². The summed E-state index contributed by atoms with van der Waals surface area (Å²) in [6.45, 7) is 10.0. The Bertz CT molecular complexity index is 1130. The van der Waals surface area contributed by atoms with Gasteiger partial charge in [0, 0.05) is 51.0 Å². The Morgan fingerprint density at radius 3 is 2.21 bits per heavy atom. The van der Waals surface area contributed by atoms with Crippen LogP contribution in [0.2, 0.25) is 5.02 Å². The number of aromatic nitrogens is 2. The number of carbonyl (C=O) groups is 1. The van der Waals surface area contributed by atoms with Crippen molar-refractivity contribution in [2.75, 3.05) is 52.4 Å². The first-order valence-electron chi connectivity index (χ1n) is 12.2. The number of hydrogen-bond acceptors (Lipinski definition) is 4. The second-order valence-corrected chi connectivity index (χ2v) is 9.74. The molecular weight excluding hydrogens is 446 g/mol. The maximum absolute atomic E-state index is 13.7. The zero-order chi connectivity index (χ0) is 23.5. The largest absolute Gasteiger partial charge is 0.336 e. The van der Waals surface area contributed by atoms with Crippen molar-refractivity contribution in [2.45, 2.75) is 19.8 Å². The third-order valence-electron chi connectivity index (χ3n) is 6.96. The number of amides is 1. The fourth-order valence-corrected chi connectivity index (χ4v) is 5.07. The highest BCUT2D eigenvalue weighted by molar-refractivity contribution is 6.32. The number of carbonyl (C=O) groups excluding carboxylic acids is 1. The SMILES string of the molecule is Cc1ccc(-c2nn(-c3ccccc3Cl)cc2C(=O)N2CCN(CCN3CCCC3)CC2)cc1. The molecule has 0 atom stereocenters. The molecule has 0 aliphatic carbocycles. The van der Waals surface area contributed by atoms with E-state index in [1.54, 1.807) is 4.68 Å². The van der Waals surface area contributed by atoms with Crippen LogP contribution in [0, 0.1) is 6.92 Å². The molecule has 2 aromatic carbocycles. The Hall–Kier alpha value is -2.67. The Labute approximate surface area is 206 Å². The minimum Gasteiger partial charge on any atom is -0.336 e. The predicted octanol–water partition coefficient (Wildman–Crippen LogP) is 4.35. The third-order valence-corrected chi connectivity index (χ3v) is 7.28. The summed E-state index contributed by atoms with van der Waals surface area (Å²) in [6.07, 6.45) is 4.49.